The van der Waals surface area contributed by atoms with Crippen molar-refractivity contribution in [2.45, 2.75) is 0 Å². The largest absolute Gasteiger partial charge is 0.449 e. The maximum absolute atomic E-state index is 10.5. The summed E-state index contributed by atoms with van der Waals surface area (Å²) in [7, 11) is 0. The number of hydrogen-bond acceptors (Lipinski definition) is 3. The first-order chi connectivity index (χ1) is 4.81. The molecule has 0 spiro atoms. The van der Waals surface area contributed by atoms with Gasteiger partial charge in [-0.3, -0.25) is 0 Å². The summed E-state index contributed by atoms with van der Waals surface area (Å²) in [6, 6.07) is 0. The molecule has 0 aliphatic heterocycles. The molecule has 0 saturated carbocycles. The molecule has 0 radical (unpaired) electrons. The number of carbonyl (C=O) groups is 1. The van der Waals surface area contributed by atoms with Crippen molar-refractivity contribution in [3.05, 3.63) is 12.7 Å². The van der Waals surface area contributed by atoms with Gasteiger partial charge in [0.1, 0.15) is 6.61 Å². The van der Waals surface area contributed by atoms with Crippen LogP contribution in [0.1, 0.15) is 0 Å². The second-order valence-corrected chi connectivity index (χ2v) is 1.98. The first-order valence-corrected chi connectivity index (χ1v) is 3.57. The number of ether oxygens (including phenoxy) is 1. The quantitative estimate of drug-likeness (QED) is 0.473. The summed E-state index contributed by atoms with van der Waals surface area (Å²) in [5.74, 6) is 0.543. The summed E-state index contributed by atoms with van der Waals surface area (Å²) in [5.41, 5.74) is 0. The minimum absolute atomic E-state index is 0.339. The normalized spacial score (nSPS) is 8.50. The zero-order valence-corrected chi connectivity index (χ0v) is 6.56. The van der Waals surface area contributed by atoms with Crippen LogP contribution in [0, 0.1) is 0 Å². The number of thiol groups is 1. The number of rotatable bonds is 4. The highest BCUT2D eigenvalue weighted by Gasteiger charge is 1.95. The van der Waals surface area contributed by atoms with Crippen LogP contribution in [-0.2, 0) is 4.74 Å². The van der Waals surface area contributed by atoms with Crippen LogP contribution in [0.4, 0.5) is 4.79 Å². The maximum atomic E-state index is 10.5. The third-order valence-electron chi connectivity index (χ3n) is 0.715. The summed E-state index contributed by atoms with van der Waals surface area (Å²) in [4.78, 5) is 10.5. The molecule has 0 aromatic carbocycles. The standard InChI is InChI=1S/C6H11NO2S/c1-2-3-7-6(8)9-4-5-10/h2,10H,1,3-5H2,(H,7,8). The van der Waals surface area contributed by atoms with E-state index >= 15 is 0 Å². The van der Waals surface area contributed by atoms with Crippen molar-refractivity contribution < 1.29 is 9.53 Å². The Morgan fingerprint density at radius 3 is 3.00 bits per heavy atom. The lowest BCUT2D eigenvalue weighted by molar-refractivity contribution is 0.154. The predicted molar refractivity (Wildman–Crippen MR) is 43.4 cm³/mol. The highest BCUT2D eigenvalue weighted by Crippen LogP contribution is 1.79. The van der Waals surface area contributed by atoms with Gasteiger partial charge in [0.2, 0.25) is 0 Å². The lowest BCUT2D eigenvalue weighted by atomic mass is 10.6. The molecular weight excluding hydrogens is 150 g/mol. The summed E-state index contributed by atoms with van der Waals surface area (Å²) in [6.07, 6.45) is 1.16. The van der Waals surface area contributed by atoms with Crippen LogP contribution in [0.5, 0.6) is 0 Å². The molecule has 0 rings (SSSR count). The van der Waals surface area contributed by atoms with E-state index < -0.39 is 6.09 Å². The van der Waals surface area contributed by atoms with Gasteiger partial charge in [-0.1, -0.05) is 6.08 Å². The van der Waals surface area contributed by atoms with E-state index in [1.807, 2.05) is 0 Å². The summed E-state index contributed by atoms with van der Waals surface area (Å²) >= 11 is 3.86. The van der Waals surface area contributed by atoms with Crippen molar-refractivity contribution in [3.8, 4) is 0 Å². The van der Waals surface area contributed by atoms with E-state index in [0.717, 1.165) is 0 Å². The Kier molecular flexibility index (Phi) is 6.06. The highest BCUT2D eigenvalue weighted by atomic mass is 32.1. The van der Waals surface area contributed by atoms with E-state index in [2.05, 4.69) is 29.3 Å². The molecule has 0 aliphatic rings. The van der Waals surface area contributed by atoms with Crippen molar-refractivity contribution in [2.75, 3.05) is 18.9 Å². The molecule has 4 heteroatoms. The van der Waals surface area contributed by atoms with Gasteiger partial charge in [0.15, 0.2) is 0 Å². The van der Waals surface area contributed by atoms with E-state index in [1.54, 1.807) is 6.08 Å². The molecule has 0 aliphatic carbocycles. The zero-order valence-electron chi connectivity index (χ0n) is 5.67. The Morgan fingerprint density at radius 1 is 1.80 bits per heavy atom. The first kappa shape index (κ1) is 9.36. The topological polar surface area (TPSA) is 38.3 Å². The minimum Gasteiger partial charge on any atom is -0.449 e. The van der Waals surface area contributed by atoms with Gasteiger partial charge in [-0.15, -0.1) is 6.58 Å². The van der Waals surface area contributed by atoms with E-state index in [-0.39, 0.29) is 0 Å². The molecule has 1 amide bonds. The molecule has 0 heterocycles. The van der Waals surface area contributed by atoms with Crippen LogP contribution in [0.2, 0.25) is 0 Å². The number of nitrogens with one attached hydrogen (secondary N) is 1. The lowest BCUT2D eigenvalue weighted by Gasteiger charge is -2.01. The predicted octanol–water partition coefficient (Wildman–Crippen LogP) is 0.828. The molecular formula is C6H11NO2S. The second-order valence-electron chi connectivity index (χ2n) is 1.53. The Labute approximate surface area is 65.9 Å². The average molecular weight is 161 g/mol. The Morgan fingerprint density at radius 2 is 2.50 bits per heavy atom. The molecule has 3 nitrogen and oxygen atoms in total. The van der Waals surface area contributed by atoms with Crippen LogP contribution >= 0.6 is 12.6 Å². The summed E-state index contributed by atoms with van der Waals surface area (Å²) in [6.45, 7) is 4.20. The molecule has 10 heavy (non-hydrogen) atoms. The fourth-order valence-electron chi connectivity index (χ4n) is 0.345. The third-order valence-corrected chi connectivity index (χ3v) is 0.898. The second kappa shape index (κ2) is 6.48. The SMILES string of the molecule is C=CCNC(=O)OCCS. The minimum atomic E-state index is -0.422. The van der Waals surface area contributed by atoms with Gasteiger partial charge < -0.3 is 10.1 Å². The van der Waals surface area contributed by atoms with Crippen LogP contribution in [0.15, 0.2) is 12.7 Å². The molecule has 0 unspecified atom stereocenters. The summed E-state index contributed by atoms with van der Waals surface area (Å²) in [5, 5.41) is 2.45. The van der Waals surface area contributed by atoms with Crippen LogP contribution in [0.3, 0.4) is 0 Å². The molecule has 0 aromatic rings. The fraction of sp³-hybridized carbons (Fsp3) is 0.500. The maximum Gasteiger partial charge on any atom is 0.407 e. The Bertz CT molecular complexity index is 116. The molecule has 0 bridgehead atoms. The van der Waals surface area contributed by atoms with E-state index in [9.17, 15) is 4.79 Å². The van der Waals surface area contributed by atoms with Gasteiger partial charge >= 0.3 is 6.09 Å². The van der Waals surface area contributed by atoms with E-state index in [4.69, 9.17) is 0 Å². The Hall–Kier alpha value is -0.640. The van der Waals surface area contributed by atoms with E-state index in [0.29, 0.717) is 18.9 Å². The van der Waals surface area contributed by atoms with E-state index in [1.165, 1.54) is 0 Å². The van der Waals surface area contributed by atoms with Gasteiger partial charge in [0, 0.05) is 12.3 Å². The van der Waals surface area contributed by atoms with Crippen molar-refractivity contribution >= 4 is 18.7 Å². The van der Waals surface area contributed by atoms with Gasteiger partial charge in [0.05, 0.1) is 0 Å². The molecule has 58 valence electrons. The molecule has 0 aromatic heterocycles. The van der Waals surface area contributed by atoms with Gasteiger partial charge in [0.25, 0.3) is 0 Å². The van der Waals surface area contributed by atoms with Gasteiger partial charge in [-0.25, -0.2) is 4.79 Å². The first-order valence-electron chi connectivity index (χ1n) is 2.93. The third kappa shape index (κ3) is 5.50. The number of carbonyl (C=O) groups excluding carboxylic acids is 1. The molecule has 1 N–H and O–H groups in total. The van der Waals surface area contributed by atoms with Crippen LogP contribution < -0.4 is 5.32 Å². The lowest BCUT2D eigenvalue weighted by Crippen LogP contribution is -2.24. The monoisotopic (exact) mass is 161 g/mol. The van der Waals surface area contributed by atoms with Gasteiger partial charge in [-0.05, 0) is 0 Å². The smallest absolute Gasteiger partial charge is 0.407 e. The molecule has 0 fully saturated rings. The Balaban J connectivity index is 3.16. The molecule has 0 atom stereocenters. The van der Waals surface area contributed by atoms with Crippen molar-refractivity contribution in [1.29, 1.82) is 0 Å². The average Bonchev–Trinajstić information content (AvgIpc) is 1.97. The highest BCUT2D eigenvalue weighted by molar-refractivity contribution is 7.80. The molecule has 0 saturated heterocycles. The number of alkyl carbamates (subject to hydrolysis) is 1. The zero-order chi connectivity index (χ0) is 7.82. The van der Waals surface area contributed by atoms with Crippen LogP contribution in [0.25, 0.3) is 0 Å². The van der Waals surface area contributed by atoms with Crippen molar-refractivity contribution in [2.24, 2.45) is 0 Å². The summed E-state index contributed by atoms with van der Waals surface area (Å²) < 4.78 is 4.62. The fourth-order valence-corrected chi connectivity index (χ4v) is 0.436. The van der Waals surface area contributed by atoms with Gasteiger partial charge in [-0.2, -0.15) is 12.6 Å². The van der Waals surface area contributed by atoms with Crippen molar-refractivity contribution in [3.63, 3.8) is 0 Å². The van der Waals surface area contributed by atoms with Crippen molar-refractivity contribution in [1.82, 2.24) is 5.32 Å². The number of amides is 1. The number of hydrogen-bond donors (Lipinski definition) is 2. The van der Waals surface area contributed by atoms with Crippen LogP contribution in [-0.4, -0.2) is 25.0 Å².